The number of nitrogens with two attached hydrogens (primary N) is 2. The van der Waals surface area contributed by atoms with E-state index >= 15 is 0 Å². The third-order valence-electron chi connectivity index (χ3n) is 5.12. The molecule has 1 fully saturated rings. The van der Waals surface area contributed by atoms with Crippen LogP contribution in [0.1, 0.15) is 38.5 Å². The first-order chi connectivity index (χ1) is 12.1. The quantitative estimate of drug-likeness (QED) is 0.531. The van der Waals surface area contributed by atoms with Gasteiger partial charge in [-0.3, -0.25) is 15.6 Å². The fourth-order valence-corrected chi connectivity index (χ4v) is 3.66. The predicted octanol–water partition coefficient (Wildman–Crippen LogP) is 1.20. The lowest BCUT2D eigenvalue weighted by atomic mass is 10.0. The zero-order valence-electron chi connectivity index (χ0n) is 15.4. The molecule has 0 spiro atoms. The number of hydrogen-bond acceptors (Lipinski definition) is 7. The molecule has 0 aromatic heterocycles. The van der Waals surface area contributed by atoms with Gasteiger partial charge in [0.15, 0.2) is 6.29 Å². The highest BCUT2D eigenvalue weighted by Gasteiger charge is 2.26. The molecule has 4 N–H and O–H groups in total. The van der Waals surface area contributed by atoms with Crippen LogP contribution in [0.4, 0.5) is 0 Å². The zero-order valence-corrected chi connectivity index (χ0v) is 15.4. The summed E-state index contributed by atoms with van der Waals surface area (Å²) in [5.74, 6) is 1.60. The molecule has 0 amide bonds. The highest BCUT2D eigenvalue weighted by atomic mass is 16.5. The van der Waals surface area contributed by atoms with E-state index in [0.717, 1.165) is 38.1 Å². The normalized spacial score (nSPS) is 24.9. The van der Waals surface area contributed by atoms with Crippen molar-refractivity contribution in [2.75, 3.05) is 39.8 Å². The van der Waals surface area contributed by atoms with Gasteiger partial charge in [0.1, 0.15) is 0 Å². The van der Waals surface area contributed by atoms with Gasteiger partial charge < -0.3 is 15.4 Å². The molecule has 2 heterocycles. The molecule has 0 radical (unpaired) electrons. The monoisotopic (exact) mass is 348 g/mol. The Morgan fingerprint density at radius 2 is 2.04 bits per heavy atom. The van der Waals surface area contributed by atoms with Crippen molar-refractivity contribution in [1.82, 2.24) is 14.8 Å². The van der Waals surface area contributed by atoms with Gasteiger partial charge in [-0.2, -0.15) is 0 Å². The minimum Gasteiger partial charge on any atom is -0.498 e. The topological polar surface area (TPSA) is 83.4 Å². The number of nitrogens with zero attached hydrogens (tertiary/aromatic N) is 4. The van der Waals surface area contributed by atoms with Gasteiger partial charge in [0.25, 0.3) is 0 Å². The van der Waals surface area contributed by atoms with Gasteiger partial charge in [-0.15, -0.1) is 5.10 Å². The molecule has 1 unspecified atom stereocenters. The first kappa shape index (κ1) is 18.1. The van der Waals surface area contributed by atoms with Crippen LogP contribution < -0.4 is 11.5 Å². The van der Waals surface area contributed by atoms with E-state index in [4.69, 9.17) is 16.2 Å². The van der Waals surface area contributed by atoms with E-state index in [9.17, 15) is 0 Å². The molecule has 3 aliphatic rings. The summed E-state index contributed by atoms with van der Waals surface area (Å²) < 4.78 is 6.00. The Balaban J connectivity index is 1.35. The van der Waals surface area contributed by atoms with E-state index < -0.39 is 0 Å². The molecule has 1 saturated heterocycles. The van der Waals surface area contributed by atoms with Gasteiger partial charge >= 0.3 is 0 Å². The highest BCUT2D eigenvalue weighted by Crippen LogP contribution is 2.22. The third kappa shape index (κ3) is 4.89. The number of hydrogen-bond donors (Lipinski definition) is 2. The second-order valence-electron chi connectivity index (χ2n) is 7.12. The van der Waals surface area contributed by atoms with Crippen LogP contribution in [0, 0.1) is 0 Å². The van der Waals surface area contributed by atoms with Crippen LogP contribution in [-0.4, -0.2) is 66.9 Å². The molecule has 7 heteroatoms. The number of hydrazone groups is 1. The Bertz CT molecular complexity index is 538. The van der Waals surface area contributed by atoms with Gasteiger partial charge in [-0.05, 0) is 44.8 Å². The van der Waals surface area contributed by atoms with Crippen molar-refractivity contribution in [3.05, 3.63) is 23.5 Å². The van der Waals surface area contributed by atoms with Gasteiger partial charge in [0.2, 0.25) is 5.96 Å². The lowest BCUT2D eigenvalue weighted by Crippen LogP contribution is -2.49. The summed E-state index contributed by atoms with van der Waals surface area (Å²) in [7, 11) is 1.83. The lowest BCUT2D eigenvalue weighted by molar-refractivity contribution is 0.144. The van der Waals surface area contributed by atoms with Crippen LogP contribution in [0.25, 0.3) is 0 Å². The Labute approximate surface area is 150 Å². The molecule has 0 aromatic rings. The molecule has 0 saturated carbocycles. The Morgan fingerprint density at radius 1 is 1.24 bits per heavy atom. The zero-order chi connectivity index (χ0) is 17.6. The van der Waals surface area contributed by atoms with Gasteiger partial charge in [0.05, 0.1) is 12.4 Å². The Morgan fingerprint density at radius 3 is 2.76 bits per heavy atom. The maximum absolute atomic E-state index is 6.04. The van der Waals surface area contributed by atoms with Crippen LogP contribution in [0.3, 0.4) is 0 Å². The summed E-state index contributed by atoms with van der Waals surface area (Å²) in [4.78, 5) is 4.48. The van der Waals surface area contributed by atoms with E-state index in [1.165, 1.54) is 37.9 Å². The average Bonchev–Trinajstić information content (AvgIpc) is 2.85. The Hall–Kier alpha value is -1.73. The molecular weight excluding hydrogens is 316 g/mol. The van der Waals surface area contributed by atoms with E-state index in [-0.39, 0.29) is 6.29 Å². The summed E-state index contributed by atoms with van der Waals surface area (Å²) in [5.41, 5.74) is 13.4. The van der Waals surface area contributed by atoms with Gasteiger partial charge in [-0.25, -0.2) is 0 Å². The lowest BCUT2D eigenvalue weighted by Gasteiger charge is -2.28. The van der Waals surface area contributed by atoms with Crippen LogP contribution in [0.5, 0.6) is 0 Å². The van der Waals surface area contributed by atoms with Crippen LogP contribution >= 0.6 is 0 Å². The second-order valence-corrected chi connectivity index (χ2v) is 7.12. The van der Waals surface area contributed by atoms with Crippen molar-refractivity contribution in [3.63, 3.8) is 0 Å². The molecule has 1 aliphatic carbocycles. The molecule has 7 nitrogen and oxygen atoms in total. The highest BCUT2D eigenvalue weighted by molar-refractivity contribution is 5.79. The number of guanidine groups is 1. The first-order valence-electron chi connectivity index (χ1n) is 9.45. The minimum atomic E-state index is -0.270. The van der Waals surface area contributed by atoms with E-state index in [2.05, 4.69) is 22.2 Å². The van der Waals surface area contributed by atoms with Crippen LogP contribution in [0.15, 0.2) is 28.6 Å². The first-order valence-corrected chi connectivity index (χ1v) is 9.45. The fraction of sp³-hybridized carbons (Fsp3) is 0.722. The van der Waals surface area contributed by atoms with Crippen molar-refractivity contribution in [3.8, 4) is 0 Å². The van der Waals surface area contributed by atoms with E-state index in [0.29, 0.717) is 12.6 Å². The number of ether oxygens (including phenoxy) is 1. The summed E-state index contributed by atoms with van der Waals surface area (Å²) >= 11 is 0. The number of piperidine rings is 1. The maximum Gasteiger partial charge on any atom is 0.216 e. The van der Waals surface area contributed by atoms with Crippen molar-refractivity contribution < 1.29 is 4.74 Å². The Kier molecular flexibility index (Phi) is 6.20. The molecule has 0 bridgehead atoms. The summed E-state index contributed by atoms with van der Waals surface area (Å²) in [6, 6.07) is 0. The molecule has 2 aliphatic heterocycles. The molecule has 1 atom stereocenters. The van der Waals surface area contributed by atoms with Crippen LogP contribution in [-0.2, 0) is 4.74 Å². The minimum absolute atomic E-state index is 0.270. The van der Waals surface area contributed by atoms with Crippen molar-refractivity contribution in [1.29, 1.82) is 0 Å². The second kappa shape index (κ2) is 8.58. The number of allylic oxidation sites excluding steroid dienone is 3. The smallest absolute Gasteiger partial charge is 0.216 e. The predicted molar refractivity (Wildman–Crippen MR) is 100 cm³/mol. The van der Waals surface area contributed by atoms with Gasteiger partial charge in [-0.1, -0.05) is 18.1 Å². The molecule has 25 heavy (non-hydrogen) atoms. The van der Waals surface area contributed by atoms with Crippen LogP contribution in [0.2, 0.25) is 0 Å². The standard InChI is InChI=1S/C18H32N6O/c1-22-18(20)24(17(19)21-22)11-6-12-25-16-8-5-7-15(13-16)14-23-9-3-2-4-10-23/h7-8,18H,2-6,9-14,20H2,1H3,(H2,19,21). The molecule has 3 rings (SSSR count). The largest absolute Gasteiger partial charge is 0.498 e. The van der Waals surface area contributed by atoms with Gasteiger partial charge in [0, 0.05) is 26.6 Å². The van der Waals surface area contributed by atoms with E-state index in [1.807, 2.05) is 11.9 Å². The van der Waals surface area contributed by atoms with Crippen molar-refractivity contribution in [2.24, 2.45) is 16.6 Å². The SMILES string of the molecule is CN1N=C(N)N(CCCOC2=CCC=C(CN3CCCCC3)C2)C1N. The third-order valence-corrected chi connectivity index (χ3v) is 5.12. The molecule has 0 aromatic carbocycles. The van der Waals surface area contributed by atoms with Crippen molar-refractivity contribution >= 4 is 5.96 Å². The average molecular weight is 348 g/mol. The van der Waals surface area contributed by atoms with Crippen molar-refractivity contribution in [2.45, 2.75) is 44.8 Å². The summed E-state index contributed by atoms with van der Waals surface area (Å²) in [6.07, 6.45) is 11.2. The number of rotatable bonds is 7. The fourth-order valence-electron chi connectivity index (χ4n) is 3.66. The van der Waals surface area contributed by atoms with E-state index in [1.54, 1.807) is 5.01 Å². The molecular formula is C18H32N6O. The maximum atomic E-state index is 6.04. The summed E-state index contributed by atoms with van der Waals surface area (Å²) in [5, 5.41) is 5.83. The number of likely N-dealkylation sites (tertiary alicyclic amines) is 1. The molecule has 140 valence electrons. The summed E-state index contributed by atoms with van der Waals surface area (Å²) in [6.45, 7) is 5.02.